The van der Waals surface area contributed by atoms with Crippen molar-refractivity contribution in [2.24, 2.45) is 0 Å². The van der Waals surface area contributed by atoms with Gasteiger partial charge < -0.3 is 15.3 Å². The van der Waals surface area contributed by atoms with Crippen molar-refractivity contribution in [3.05, 3.63) is 28.8 Å². The van der Waals surface area contributed by atoms with Crippen LogP contribution in [0.25, 0.3) is 0 Å². The lowest BCUT2D eigenvalue weighted by atomic mass is 10.2. The van der Waals surface area contributed by atoms with E-state index in [0.29, 0.717) is 11.7 Å². The molecule has 2 amide bonds. The first-order valence-electron chi connectivity index (χ1n) is 5.55. The van der Waals surface area contributed by atoms with Crippen LogP contribution in [-0.2, 0) is 0 Å². The van der Waals surface area contributed by atoms with Crippen molar-refractivity contribution in [1.29, 1.82) is 0 Å². The molecule has 6 heteroatoms. The van der Waals surface area contributed by atoms with Gasteiger partial charge in [0.15, 0.2) is 0 Å². The summed E-state index contributed by atoms with van der Waals surface area (Å²) in [6, 6.07) is 4.45. The van der Waals surface area contributed by atoms with Gasteiger partial charge in [-0.25, -0.2) is 9.59 Å². The Kier molecular flexibility index (Phi) is 3.43. The topological polar surface area (TPSA) is 69.6 Å². The van der Waals surface area contributed by atoms with E-state index in [9.17, 15) is 9.59 Å². The molecule has 0 aliphatic heterocycles. The van der Waals surface area contributed by atoms with Crippen molar-refractivity contribution in [2.45, 2.75) is 18.9 Å². The van der Waals surface area contributed by atoms with Crippen LogP contribution < -0.4 is 5.32 Å². The van der Waals surface area contributed by atoms with E-state index < -0.39 is 5.97 Å². The maximum atomic E-state index is 11.8. The maximum absolute atomic E-state index is 11.8. The molecule has 0 heterocycles. The summed E-state index contributed by atoms with van der Waals surface area (Å²) < 4.78 is 0. The SMILES string of the molecule is CN(C(=O)Nc1ccc(Cl)c(C(=O)O)c1)C1CC1. The van der Waals surface area contributed by atoms with Crippen LogP contribution in [0.4, 0.5) is 10.5 Å². The Morgan fingerprint density at radius 1 is 1.44 bits per heavy atom. The zero-order valence-corrected chi connectivity index (χ0v) is 10.6. The molecule has 2 rings (SSSR count). The molecule has 0 saturated heterocycles. The van der Waals surface area contributed by atoms with Crippen LogP contribution in [0.1, 0.15) is 23.2 Å². The van der Waals surface area contributed by atoms with E-state index in [2.05, 4.69) is 5.32 Å². The van der Waals surface area contributed by atoms with Gasteiger partial charge >= 0.3 is 12.0 Å². The van der Waals surface area contributed by atoms with Gasteiger partial charge in [0.2, 0.25) is 0 Å². The first-order chi connectivity index (χ1) is 8.49. The number of carbonyl (C=O) groups excluding carboxylic acids is 1. The predicted molar refractivity (Wildman–Crippen MR) is 68.2 cm³/mol. The summed E-state index contributed by atoms with van der Waals surface area (Å²) in [5, 5.41) is 11.7. The highest BCUT2D eigenvalue weighted by Crippen LogP contribution is 2.26. The quantitative estimate of drug-likeness (QED) is 0.885. The fourth-order valence-corrected chi connectivity index (χ4v) is 1.80. The molecule has 1 aliphatic carbocycles. The minimum atomic E-state index is -1.12. The molecule has 0 atom stereocenters. The third-order valence-corrected chi connectivity index (χ3v) is 3.19. The predicted octanol–water partition coefficient (Wildman–Crippen LogP) is 2.66. The third kappa shape index (κ3) is 2.73. The lowest BCUT2D eigenvalue weighted by Gasteiger charge is -2.17. The van der Waals surface area contributed by atoms with Gasteiger partial charge in [0.25, 0.3) is 0 Å². The van der Waals surface area contributed by atoms with Crippen molar-refractivity contribution in [3.8, 4) is 0 Å². The van der Waals surface area contributed by atoms with E-state index >= 15 is 0 Å². The number of anilines is 1. The summed E-state index contributed by atoms with van der Waals surface area (Å²) in [5.74, 6) is -1.12. The first-order valence-corrected chi connectivity index (χ1v) is 5.93. The Bertz CT molecular complexity index is 500. The van der Waals surface area contributed by atoms with Crippen LogP contribution in [0, 0.1) is 0 Å². The van der Waals surface area contributed by atoms with Gasteiger partial charge in [0.1, 0.15) is 0 Å². The van der Waals surface area contributed by atoms with Crippen molar-refractivity contribution in [3.63, 3.8) is 0 Å². The molecule has 1 fully saturated rings. The Hall–Kier alpha value is -1.75. The molecule has 0 spiro atoms. The average molecular weight is 269 g/mol. The van der Waals surface area contributed by atoms with Gasteiger partial charge in [0, 0.05) is 18.8 Å². The number of hydrogen-bond acceptors (Lipinski definition) is 2. The van der Waals surface area contributed by atoms with Crippen molar-refractivity contribution in [1.82, 2.24) is 4.90 Å². The number of hydrogen-bond donors (Lipinski definition) is 2. The number of nitrogens with one attached hydrogen (secondary N) is 1. The van der Waals surface area contributed by atoms with Gasteiger partial charge in [-0.1, -0.05) is 11.6 Å². The lowest BCUT2D eigenvalue weighted by Crippen LogP contribution is -2.33. The summed E-state index contributed by atoms with van der Waals surface area (Å²) >= 11 is 5.75. The number of carbonyl (C=O) groups is 2. The van der Waals surface area contributed by atoms with Gasteiger partial charge in [-0.3, -0.25) is 0 Å². The molecular weight excluding hydrogens is 256 g/mol. The molecule has 0 unspecified atom stereocenters. The van der Waals surface area contributed by atoms with Crippen LogP contribution >= 0.6 is 11.6 Å². The van der Waals surface area contributed by atoms with E-state index in [4.69, 9.17) is 16.7 Å². The smallest absolute Gasteiger partial charge is 0.337 e. The number of urea groups is 1. The molecule has 1 aromatic carbocycles. The number of carboxylic acids is 1. The minimum absolute atomic E-state index is 0.0245. The highest BCUT2D eigenvalue weighted by molar-refractivity contribution is 6.33. The van der Waals surface area contributed by atoms with Crippen LogP contribution in [0.3, 0.4) is 0 Å². The zero-order chi connectivity index (χ0) is 13.3. The number of amides is 2. The number of rotatable bonds is 3. The van der Waals surface area contributed by atoms with Crippen molar-refractivity contribution >= 4 is 29.3 Å². The fourth-order valence-electron chi connectivity index (χ4n) is 1.61. The molecule has 0 radical (unpaired) electrons. The molecule has 0 aromatic heterocycles. The number of benzene rings is 1. The van der Waals surface area contributed by atoms with Gasteiger partial charge in [-0.05, 0) is 31.0 Å². The molecule has 18 heavy (non-hydrogen) atoms. The van der Waals surface area contributed by atoms with E-state index in [1.807, 2.05) is 0 Å². The van der Waals surface area contributed by atoms with Crippen LogP contribution in [-0.4, -0.2) is 35.1 Å². The van der Waals surface area contributed by atoms with Crippen molar-refractivity contribution < 1.29 is 14.7 Å². The zero-order valence-electron chi connectivity index (χ0n) is 9.81. The van der Waals surface area contributed by atoms with Crippen LogP contribution in [0.15, 0.2) is 18.2 Å². The second kappa shape index (κ2) is 4.86. The van der Waals surface area contributed by atoms with E-state index in [1.54, 1.807) is 18.0 Å². The minimum Gasteiger partial charge on any atom is -0.478 e. The van der Waals surface area contributed by atoms with Gasteiger partial charge in [-0.15, -0.1) is 0 Å². The summed E-state index contributed by atoms with van der Waals surface area (Å²) in [5.41, 5.74) is 0.401. The third-order valence-electron chi connectivity index (χ3n) is 2.86. The summed E-state index contributed by atoms with van der Waals surface area (Å²) in [4.78, 5) is 24.3. The second-order valence-corrected chi connectivity index (χ2v) is 4.68. The Labute approximate surface area is 109 Å². The first kappa shape index (κ1) is 12.7. The van der Waals surface area contributed by atoms with Crippen LogP contribution in [0.2, 0.25) is 5.02 Å². The normalized spacial score (nSPS) is 14.1. The van der Waals surface area contributed by atoms with Gasteiger partial charge in [0.05, 0.1) is 10.6 Å². The second-order valence-electron chi connectivity index (χ2n) is 4.27. The van der Waals surface area contributed by atoms with E-state index in [1.165, 1.54) is 12.1 Å². The van der Waals surface area contributed by atoms with E-state index in [0.717, 1.165) is 12.8 Å². The molecule has 1 saturated carbocycles. The Balaban J connectivity index is 2.11. The molecule has 96 valence electrons. The lowest BCUT2D eigenvalue weighted by molar-refractivity contribution is 0.0697. The number of halogens is 1. The number of carboxylic acid groups (broad SMARTS) is 1. The molecule has 1 aliphatic rings. The Morgan fingerprint density at radius 2 is 2.11 bits per heavy atom. The molecule has 0 bridgehead atoms. The highest BCUT2D eigenvalue weighted by atomic mass is 35.5. The van der Waals surface area contributed by atoms with Gasteiger partial charge in [-0.2, -0.15) is 0 Å². The molecule has 2 N–H and O–H groups in total. The largest absolute Gasteiger partial charge is 0.478 e. The molecular formula is C12H13ClN2O3. The van der Waals surface area contributed by atoms with Crippen molar-refractivity contribution in [2.75, 3.05) is 12.4 Å². The highest BCUT2D eigenvalue weighted by Gasteiger charge is 2.29. The average Bonchev–Trinajstić information content (AvgIpc) is 3.14. The summed E-state index contributed by atoms with van der Waals surface area (Å²) in [6.07, 6.45) is 2.04. The van der Waals surface area contributed by atoms with Crippen LogP contribution in [0.5, 0.6) is 0 Å². The van der Waals surface area contributed by atoms with E-state index in [-0.39, 0.29) is 16.6 Å². The standard InChI is InChI=1S/C12H13ClN2O3/c1-15(8-3-4-8)12(18)14-7-2-5-10(13)9(6-7)11(16)17/h2,5-6,8H,3-4H2,1H3,(H,14,18)(H,16,17). The number of nitrogens with zero attached hydrogens (tertiary/aromatic N) is 1. The Morgan fingerprint density at radius 3 is 2.67 bits per heavy atom. The fraction of sp³-hybridized carbons (Fsp3) is 0.333. The number of aromatic carboxylic acids is 1. The monoisotopic (exact) mass is 268 g/mol. The molecule has 1 aromatic rings. The molecule has 5 nitrogen and oxygen atoms in total. The summed E-state index contributed by atoms with van der Waals surface area (Å²) in [6.45, 7) is 0. The maximum Gasteiger partial charge on any atom is 0.337 e. The summed E-state index contributed by atoms with van der Waals surface area (Å²) in [7, 11) is 1.72.